The third-order valence-corrected chi connectivity index (χ3v) is 3.19. The topological polar surface area (TPSA) is 64.7 Å². The van der Waals surface area contributed by atoms with Gasteiger partial charge in [0.25, 0.3) is 0 Å². The Balaban J connectivity index is 2.00. The molecule has 1 aromatic rings. The number of nitrogens with zero attached hydrogens (tertiary/aromatic N) is 1. The summed E-state index contributed by atoms with van der Waals surface area (Å²) in [4.78, 5) is 15.4. The molecule has 1 saturated heterocycles. The first-order valence-corrected chi connectivity index (χ1v) is 5.86. The molecule has 1 fully saturated rings. The van der Waals surface area contributed by atoms with E-state index in [0.29, 0.717) is 18.2 Å². The van der Waals surface area contributed by atoms with Crippen LogP contribution in [-0.2, 0) is 9.53 Å². The molecule has 1 aromatic carbocycles. The molecular formula is C11H12N2O2S. The van der Waals surface area contributed by atoms with Crippen LogP contribution in [0.3, 0.4) is 0 Å². The molecule has 0 aliphatic carbocycles. The van der Waals surface area contributed by atoms with Gasteiger partial charge in [0.05, 0.1) is 12.3 Å². The molecule has 0 spiro atoms. The summed E-state index contributed by atoms with van der Waals surface area (Å²) in [6, 6.07) is 9.42. The van der Waals surface area contributed by atoms with Crippen LogP contribution in [0.5, 0.6) is 0 Å². The van der Waals surface area contributed by atoms with Crippen molar-refractivity contribution in [2.45, 2.75) is 11.7 Å². The van der Waals surface area contributed by atoms with Gasteiger partial charge in [0.1, 0.15) is 5.25 Å². The van der Waals surface area contributed by atoms with Crippen molar-refractivity contribution in [2.75, 3.05) is 6.61 Å². The number of benzene rings is 1. The van der Waals surface area contributed by atoms with E-state index in [9.17, 15) is 4.79 Å². The van der Waals surface area contributed by atoms with Crippen molar-refractivity contribution in [2.24, 2.45) is 10.7 Å². The number of amidine groups is 1. The minimum Gasteiger partial charge on any atom is -0.465 e. The highest BCUT2D eigenvalue weighted by Crippen LogP contribution is 2.23. The van der Waals surface area contributed by atoms with Crippen molar-refractivity contribution >= 4 is 28.6 Å². The summed E-state index contributed by atoms with van der Waals surface area (Å²) in [7, 11) is 0. The number of carbonyl (C=O) groups excluding carboxylic acids is 1. The van der Waals surface area contributed by atoms with Crippen molar-refractivity contribution in [1.82, 2.24) is 0 Å². The Kier molecular flexibility index (Phi) is 3.46. The number of nitrogens with two attached hydrogens (primary N) is 1. The van der Waals surface area contributed by atoms with E-state index in [1.165, 1.54) is 11.8 Å². The molecule has 1 unspecified atom stereocenters. The van der Waals surface area contributed by atoms with E-state index in [0.717, 1.165) is 5.69 Å². The second-order valence-corrected chi connectivity index (χ2v) is 4.57. The molecule has 1 heterocycles. The molecule has 2 rings (SSSR count). The van der Waals surface area contributed by atoms with Crippen LogP contribution in [0.25, 0.3) is 0 Å². The molecular weight excluding hydrogens is 224 g/mol. The maximum atomic E-state index is 11.2. The number of carbonyl (C=O) groups is 1. The first-order valence-electron chi connectivity index (χ1n) is 4.98. The van der Waals surface area contributed by atoms with Crippen LogP contribution < -0.4 is 5.73 Å². The number of hydrogen-bond acceptors (Lipinski definition) is 4. The Labute approximate surface area is 97.9 Å². The normalized spacial score (nSPS) is 20.9. The third kappa shape index (κ3) is 2.76. The van der Waals surface area contributed by atoms with Crippen molar-refractivity contribution in [3.8, 4) is 0 Å². The molecule has 0 bridgehead atoms. The number of esters is 1. The van der Waals surface area contributed by atoms with Gasteiger partial charge in [-0.2, -0.15) is 0 Å². The van der Waals surface area contributed by atoms with E-state index in [4.69, 9.17) is 10.5 Å². The number of cyclic esters (lactones) is 1. The first kappa shape index (κ1) is 11.0. The highest BCUT2D eigenvalue weighted by Gasteiger charge is 2.28. The minimum atomic E-state index is -0.201. The average molecular weight is 236 g/mol. The summed E-state index contributed by atoms with van der Waals surface area (Å²) in [6.07, 6.45) is 0.703. The molecule has 1 aliphatic rings. The quantitative estimate of drug-likeness (QED) is 0.482. The lowest BCUT2D eigenvalue weighted by atomic mass is 10.3. The predicted molar refractivity (Wildman–Crippen MR) is 64.7 cm³/mol. The molecule has 0 aromatic heterocycles. The van der Waals surface area contributed by atoms with Gasteiger partial charge in [-0.3, -0.25) is 4.79 Å². The molecule has 1 atom stereocenters. The van der Waals surface area contributed by atoms with E-state index < -0.39 is 0 Å². The summed E-state index contributed by atoms with van der Waals surface area (Å²) in [6.45, 7) is 0.481. The number of para-hydroxylation sites is 1. The van der Waals surface area contributed by atoms with Crippen LogP contribution in [0.4, 0.5) is 5.69 Å². The molecule has 4 nitrogen and oxygen atoms in total. The first-order chi connectivity index (χ1) is 7.75. The van der Waals surface area contributed by atoms with E-state index in [1.807, 2.05) is 30.3 Å². The van der Waals surface area contributed by atoms with Gasteiger partial charge in [-0.25, -0.2) is 4.99 Å². The highest BCUT2D eigenvalue weighted by atomic mass is 32.2. The molecule has 84 valence electrons. The van der Waals surface area contributed by atoms with Crippen LogP contribution in [0.1, 0.15) is 6.42 Å². The zero-order chi connectivity index (χ0) is 11.4. The van der Waals surface area contributed by atoms with Crippen LogP contribution in [0, 0.1) is 0 Å². The van der Waals surface area contributed by atoms with Gasteiger partial charge in [-0.05, 0) is 12.1 Å². The Morgan fingerprint density at radius 1 is 1.44 bits per heavy atom. The average Bonchev–Trinajstić information content (AvgIpc) is 2.66. The predicted octanol–water partition coefficient (Wildman–Crippen LogP) is 1.68. The van der Waals surface area contributed by atoms with Gasteiger partial charge in [0, 0.05) is 6.42 Å². The fraction of sp³-hybridized carbons (Fsp3) is 0.273. The molecule has 5 heteroatoms. The van der Waals surface area contributed by atoms with Crippen LogP contribution in [0.15, 0.2) is 35.3 Å². The Hall–Kier alpha value is -1.49. The van der Waals surface area contributed by atoms with Gasteiger partial charge < -0.3 is 10.5 Å². The van der Waals surface area contributed by atoms with Crippen LogP contribution in [-0.4, -0.2) is 23.0 Å². The van der Waals surface area contributed by atoms with Gasteiger partial charge in [-0.15, -0.1) is 0 Å². The molecule has 0 amide bonds. The fourth-order valence-electron chi connectivity index (χ4n) is 1.39. The number of hydrogen-bond donors (Lipinski definition) is 1. The summed E-state index contributed by atoms with van der Waals surface area (Å²) in [5, 5.41) is 0.197. The number of rotatable bonds is 2. The third-order valence-electron chi connectivity index (χ3n) is 2.15. The zero-order valence-electron chi connectivity index (χ0n) is 8.63. The zero-order valence-corrected chi connectivity index (χ0v) is 9.44. The Morgan fingerprint density at radius 3 is 2.81 bits per heavy atom. The summed E-state index contributed by atoms with van der Waals surface area (Å²) >= 11 is 1.26. The van der Waals surface area contributed by atoms with E-state index in [1.54, 1.807) is 0 Å². The lowest BCUT2D eigenvalue weighted by molar-refractivity contribution is -0.137. The molecule has 0 saturated carbocycles. The number of ether oxygens (including phenoxy) is 1. The number of aliphatic imine (C=N–C) groups is 1. The Bertz CT molecular complexity index is 406. The molecule has 0 radical (unpaired) electrons. The van der Waals surface area contributed by atoms with Crippen molar-refractivity contribution in [3.63, 3.8) is 0 Å². The van der Waals surface area contributed by atoms with Crippen LogP contribution >= 0.6 is 11.8 Å². The summed E-state index contributed by atoms with van der Waals surface area (Å²) in [5.41, 5.74) is 6.54. The van der Waals surface area contributed by atoms with Gasteiger partial charge in [-0.1, -0.05) is 30.0 Å². The molecule has 2 N–H and O–H groups in total. The van der Waals surface area contributed by atoms with Crippen molar-refractivity contribution < 1.29 is 9.53 Å². The SMILES string of the molecule is NC(=Nc1ccccc1)SC1CCOC1=O. The molecule has 1 aliphatic heterocycles. The standard InChI is InChI=1S/C11H12N2O2S/c12-11(13-8-4-2-1-3-5-8)16-9-6-7-15-10(9)14/h1-5,9H,6-7H2,(H2,12,13). The summed E-state index contributed by atoms with van der Waals surface area (Å²) in [5.74, 6) is -0.198. The van der Waals surface area contributed by atoms with Gasteiger partial charge in [0.2, 0.25) is 0 Å². The summed E-state index contributed by atoms with van der Waals surface area (Å²) < 4.78 is 4.85. The number of thioether (sulfide) groups is 1. The second-order valence-electron chi connectivity index (χ2n) is 3.35. The van der Waals surface area contributed by atoms with Crippen molar-refractivity contribution in [3.05, 3.63) is 30.3 Å². The van der Waals surface area contributed by atoms with E-state index >= 15 is 0 Å². The molecule has 16 heavy (non-hydrogen) atoms. The largest absolute Gasteiger partial charge is 0.465 e. The minimum absolute atomic E-state index is 0.198. The maximum Gasteiger partial charge on any atom is 0.319 e. The Morgan fingerprint density at radius 2 is 2.19 bits per heavy atom. The maximum absolute atomic E-state index is 11.2. The van der Waals surface area contributed by atoms with Crippen molar-refractivity contribution in [1.29, 1.82) is 0 Å². The smallest absolute Gasteiger partial charge is 0.319 e. The monoisotopic (exact) mass is 236 g/mol. The lowest BCUT2D eigenvalue weighted by Gasteiger charge is -2.04. The second kappa shape index (κ2) is 5.03. The van der Waals surface area contributed by atoms with Gasteiger partial charge >= 0.3 is 5.97 Å². The van der Waals surface area contributed by atoms with Gasteiger partial charge in [0.15, 0.2) is 5.17 Å². The van der Waals surface area contributed by atoms with Crippen LogP contribution in [0.2, 0.25) is 0 Å². The van der Waals surface area contributed by atoms with E-state index in [2.05, 4.69) is 4.99 Å². The fourth-order valence-corrected chi connectivity index (χ4v) is 2.21. The highest BCUT2D eigenvalue weighted by molar-refractivity contribution is 8.14. The van der Waals surface area contributed by atoms with E-state index in [-0.39, 0.29) is 11.2 Å². The lowest BCUT2D eigenvalue weighted by Crippen LogP contribution is -2.17.